The maximum atomic E-state index is 12.4. The zero-order chi connectivity index (χ0) is 14.5. The number of piperidine rings is 1. The van der Waals surface area contributed by atoms with Gasteiger partial charge in [-0.3, -0.25) is 9.59 Å². The van der Waals surface area contributed by atoms with Gasteiger partial charge in [0.25, 0.3) is 5.91 Å². The zero-order valence-electron chi connectivity index (χ0n) is 11.8. The molecule has 2 heterocycles. The van der Waals surface area contributed by atoms with Crippen LogP contribution in [0.15, 0.2) is 10.5 Å². The van der Waals surface area contributed by atoms with Crippen LogP contribution < -0.4 is 0 Å². The van der Waals surface area contributed by atoms with E-state index >= 15 is 0 Å². The fraction of sp³-hybridized carbons (Fsp3) is 0.600. The molecule has 1 saturated heterocycles. The Hall–Kier alpha value is -1.78. The molecule has 1 aromatic heterocycles. The molecule has 1 amide bonds. The van der Waals surface area contributed by atoms with Gasteiger partial charge in [0.2, 0.25) is 0 Å². The van der Waals surface area contributed by atoms with Gasteiger partial charge in [0.1, 0.15) is 5.76 Å². The van der Waals surface area contributed by atoms with Crippen LogP contribution >= 0.6 is 0 Å². The Morgan fingerprint density at radius 3 is 2.45 bits per heavy atom. The van der Waals surface area contributed by atoms with Crippen LogP contribution in [0.25, 0.3) is 0 Å². The molecule has 1 spiro atoms. The van der Waals surface area contributed by atoms with Crippen LogP contribution in [0.2, 0.25) is 0 Å². The molecule has 5 heteroatoms. The Bertz CT molecular complexity index is 566. The number of aryl methyl sites for hydroxylation is 2. The molecule has 3 rings (SSSR count). The second-order valence-corrected chi connectivity index (χ2v) is 6.12. The number of likely N-dealkylation sites (tertiary alicyclic amines) is 1. The van der Waals surface area contributed by atoms with Crippen molar-refractivity contribution in [2.24, 2.45) is 11.3 Å². The predicted molar refractivity (Wildman–Crippen MR) is 71.5 cm³/mol. The van der Waals surface area contributed by atoms with E-state index in [1.54, 1.807) is 4.90 Å². The first-order chi connectivity index (χ1) is 9.43. The minimum Gasteiger partial charge on any atom is -0.481 e. The molecular weight excluding hydrogens is 258 g/mol. The van der Waals surface area contributed by atoms with E-state index in [4.69, 9.17) is 9.52 Å². The molecule has 1 aromatic rings. The highest BCUT2D eigenvalue weighted by Crippen LogP contribution is 2.59. The van der Waals surface area contributed by atoms with Gasteiger partial charge in [-0.15, -0.1) is 0 Å². The van der Waals surface area contributed by atoms with Crippen molar-refractivity contribution in [1.82, 2.24) is 4.90 Å². The number of carbonyl (C=O) groups excluding carboxylic acids is 1. The number of rotatable bonds is 2. The smallest absolute Gasteiger partial charge is 0.307 e. The van der Waals surface area contributed by atoms with E-state index in [1.807, 2.05) is 19.9 Å². The molecule has 1 saturated carbocycles. The van der Waals surface area contributed by atoms with Gasteiger partial charge in [-0.25, -0.2) is 0 Å². The molecular formula is C15H19NO4. The van der Waals surface area contributed by atoms with E-state index in [0.29, 0.717) is 18.8 Å². The van der Waals surface area contributed by atoms with Crippen molar-refractivity contribution < 1.29 is 19.1 Å². The van der Waals surface area contributed by atoms with Crippen molar-refractivity contribution in [3.63, 3.8) is 0 Å². The van der Waals surface area contributed by atoms with E-state index in [0.717, 1.165) is 30.6 Å². The monoisotopic (exact) mass is 277 g/mol. The van der Waals surface area contributed by atoms with Gasteiger partial charge in [-0.05, 0) is 44.6 Å². The molecule has 0 radical (unpaired) electrons. The number of nitrogens with zero attached hydrogens (tertiary/aromatic N) is 1. The maximum Gasteiger partial charge on any atom is 0.307 e. The average molecular weight is 277 g/mol. The molecule has 1 aliphatic heterocycles. The Morgan fingerprint density at radius 1 is 1.35 bits per heavy atom. The number of aliphatic carboxylic acids is 1. The summed E-state index contributed by atoms with van der Waals surface area (Å²) in [6, 6.07) is 1.86. The van der Waals surface area contributed by atoms with Crippen molar-refractivity contribution >= 4 is 11.9 Å². The molecule has 2 fully saturated rings. The lowest BCUT2D eigenvalue weighted by molar-refractivity contribution is -0.139. The van der Waals surface area contributed by atoms with Gasteiger partial charge in [-0.1, -0.05) is 0 Å². The van der Waals surface area contributed by atoms with E-state index < -0.39 is 5.97 Å². The third-order valence-electron chi connectivity index (χ3n) is 4.77. The average Bonchev–Trinajstić information content (AvgIpc) is 2.99. The first-order valence-corrected chi connectivity index (χ1v) is 7.02. The summed E-state index contributed by atoms with van der Waals surface area (Å²) in [6.07, 6.45) is 2.34. The van der Waals surface area contributed by atoms with E-state index in [1.165, 1.54) is 0 Å². The number of hydrogen-bond acceptors (Lipinski definition) is 3. The topological polar surface area (TPSA) is 70.8 Å². The van der Waals surface area contributed by atoms with Gasteiger partial charge < -0.3 is 14.4 Å². The molecule has 1 aliphatic carbocycles. The third-order valence-corrected chi connectivity index (χ3v) is 4.77. The largest absolute Gasteiger partial charge is 0.481 e. The van der Waals surface area contributed by atoms with Crippen LogP contribution in [0.5, 0.6) is 0 Å². The summed E-state index contributed by atoms with van der Waals surface area (Å²) >= 11 is 0. The standard InChI is InChI=1S/C15H19NO4/c1-9-7-10(2)20-12(9)13(17)16-5-3-15(4-6-16)8-11(15)14(18)19/h7,11H,3-6,8H2,1-2H3,(H,18,19). The molecule has 0 bridgehead atoms. The normalized spacial score (nSPS) is 23.9. The fourth-order valence-corrected chi connectivity index (χ4v) is 3.40. The van der Waals surface area contributed by atoms with Gasteiger partial charge >= 0.3 is 5.97 Å². The highest BCUT2D eigenvalue weighted by atomic mass is 16.4. The zero-order valence-corrected chi connectivity index (χ0v) is 11.8. The summed E-state index contributed by atoms with van der Waals surface area (Å²) in [7, 11) is 0. The predicted octanol–water partition coefficient (Wildman–Crippen LogP) is 2.22. The van der Waals surface area contributed by atoms with Gasteiger partial charge in [0.15, 0.2) is 5.76 Å². The van der Waals surface area contributed by atoms with Gasteiger partial charge in [-0.2, -0.15) is 0 Å². The van der Waals surface area contributed by atoms with Crippen LogP contribution in [-0.2, 0) is 4.79 Å². The Labute approximate surface area is 117 Å². The van der Waals surface area contributed by atoms with Crippen molar-refractivity contribution in [1.29, 1.82) is 0 Å². The molecule has 2 aliphatic rings. The minimum absolute atomic E-state index is 0.0449. The van der Waals surface area contributed by atoms with E-state index in [2.05, 4.69) is 0 Å². The third kappa shape index (κ3) is 2.01. The second kappa shape index (κ2) is 4.36. The molecule has 20 heavy (non-hydrogen) atoms. The SMILES string of the molecule is Cc1cc(C)c(C(=O)N2CCC3(CC2)CC3C(=O)O)o1. The number of carboxylic acids is 1. The number of hydrogen-bond donors (Lipinski definition) is 1. The molecule has 5 nitrogen and oxygen atoms in total. The van der Waals surface area contributed by atoms with Crippen LogP contribution in [0.1, 0.15) is 41.1 Å². The van der Waals surface area contributed by atoms with Crippen molar-refractivity contribution in [3.05, 3.63) is 23.2 Å². The summed E-state index contributed by atoms with van der Waals surface area (Å²) in [5.41, 5.74) is 0.819. The van der Waals surface area contributed by atoms with Crippen molar-refractivity contribution in [3.8, 4) is 0 Å². The van der Waals surface area contributed by atoms with Crippen LogP contribution in [0.3, 0.4) is 0 Å². The van der Waals surface area contributed by atoms with Crippen molar-refractivity contribution in [2.45, 2.75) is 33.1 Å². The summed E-state index contributed by atoms with van der Waals surface area (Å²) in [5.74, 6) is 0.198. The summed E-state index contributed by atoms with van der Waals surface area (Å²) in [6.45, 7) is 4.96. The first kappa shape index (κ1) is 13.2. The highest BCUT2D eigenvalue weighted by Gasteiger charge is 2.59. The number of carbonyl (C=O) groups is 2. The summed E-state index contributed by atoms with van der Waals surface area (Å²) in [4.78, 5) is 25.2. The summed E-state index contributed by atoms with van der Waals surface area (Å²) < 4.78 is 5.47. The highest BCUT2D eigenvalue weighted by molar-refractivity contribution is 5.93. The van der Waals surface area contributed by atoms with Crippen LogP contribution in [0, 0.1) is 25.2 Å². The maximum absolute atomic E-state index is 12.4. The minimum atomic E-state index is -0.692. The van der Waals surface area contributed by atoms with E-state index in [-0.39, 0.29) is 17.2 Å². The number of amides is 1. The molecule has 1 atom stereocenters. The quantitative estimate of drug-likeness (QED) is 0.899. The van der Waals surface area contributed by atoms with Crippen LogP contribution in [0.4, 0.5) is 0 Å². The van der Waals surface area contributed by atoms with Crippen molar-refractivity contribution in [2.75, 3.05) is 13.1 Å². The van der Waals surface area contributed by atoms with Gasteiger partial charge in [0.05, 0.1) is 5.92 Å². The fourth-order valence-electron chi connectivity index (χ4n) is 3.40. The Morgan fingerprint density at radius 2 is 2.00 bits per heavy atom. The first-order valence-electron chi connectivity index (χ1n) is 7.02. The molecule has 1 N–H and O–H groups in total. The summed E-state index contributed by atoms with van der Waals surface area (Å²) in [5, 5.41) is 9.07. The van der Waals surface area contributed by atoms with E-state index in [9.17, 15) is 9.59 Å². The molecule has 1 unspecified atom stereocenters. The molecule has 0 aromatic carbocycles. The lowest BCUT2D eigenvalue weighted by atomic mass is 9.90. The van der Waals surface area contributed by atoms with Crippen LogP contribution in [-0.4, -0.2) is 35.0 Å². The number of carboxylic acid groups (broad SMARTS) is 1. The Balaban J connectivity index is 1.66. The molecule has 108 valence electrons. The number of furan rings is 1. The second-order valence-electron chi connectivity index (χ2n) is 6.12. The lowest BCUT2D eigenvalue weighted by Crippen LogP contribution is -2.40. The van der Waals surface area contributed by atoms with Gasteiger partial charge in [0, 0.05) is 18.7 Å². The Kier molecular flexibility index (Phi) is 2.88. The lowest BCUT2D eigenvalue weighted by Gasteiger charge is -2.32.